The van der Waals surface area contributed by atoms with Gasteiger partial charge in [-0.1, -0.05) is 42.5 Å². The van der Waals surface area contributed by atoms with Crippen LogP contribution in [0.25, 0.3) is 0 Å². The molecule has 2 aliphatic heterocycles. The van der Waals surface area contributed by atoms with E-state index < -0.39 is 5.41 Å². The third-order valence-corrected chi connectivity index (χ3v) is 7.28. The Morgan fingerprint density at radius 3 is 2.69 bits per heavy atom. The maximum atomic E-state index is 14.1. The fourth-order valence-electron chi connectivity index (χ4n) is 5.42. The Morgan fingerprint density at radius 1 is 1.09 bits per heavy atom. The van der Waals surface area contributed by atoms with E-state index in [1.165, 1.54) is 5.56 Å². The van der Waals surface area contributed by atoms with Crippen LogP contribution in [0.3, 0.4) is 0 Å². The van der Waals surface area contributed by atoms with Gasteiger partial charge in [0.2, 0.25) is 11.8 Å². The van der Waals surface area contributed by atoms with Crippen LogP contribution in [0.2, 0.25) is 0 Å². The number of amides is 1. The highest BCUT2D eigenvalue weighted by Crippen LogP contribution is 2.39. The van der Waals surface area contributed by atoms with Crippen molar-refractivity contribution in [3.63, 3.8) is 0 Å². The van der Waals surface area contributed by atoms with Crippen molar-refractivity contribution in [2.24, 2.45) is 5.41 Å². The lowest BCUT2D eigenvalue weighted by atomic mass is 9.73. The highest BCUT2D eigenvalue weighted by molar-refractivity contribution is 5.83. The number of hydrogen-bond acceptors (Lipinski definition) is 5. The van der Waals surface area contributed by atoms with E-state index in [0.717, 1.165) is 55.7 Å². The van der Waals surface area contributed by atoms with E-state index in [-0.39, 0.29) is 11.8 Å². The SMILES string of the molecule is Cc1cccc(Oc2nccnc2[C@@H]2CCCN(C(=O)C3(Cc4ccccc4)CCOCC3)C2)c1. The highest BCUT2D eigenvalue weighted by atomic mass is 16.5. The van der Waals surface area contributed by atoms with Crippen LogP contribution in [-0.4, -0.2) is 47.1 Å². The third kappa shape index (κ3) is 5.38. The Hall–Kier alpha value is -3.25. The van der Waals surface area contributed by atoms with E-state index >= 15 is 0 Å². The molecule has 5 rings (SSSR count). The molecular weight excluding hydrogens is 438 g/mol. The summed E-state index contributed by atoms with van der Waals surface area (Å²) in [5.41, 5.74) is 2.75. The van der Waals surface area contributed by atoms with Crippen LogP contribution in [0, 0.1) is 12.3 Å². The first-order chi connectivity index (χ1) is 17.1. The Balaban J connectivity index is 1.36. The summed E-state index contributed by atoms with van der Waals surface area (Å²) in [5.74, 6) is 1.62. The standard InChI is InChI=1S/C29H33N3O3/c1-22-7-5-11-25(19-22)35-27-26(30-14-15-31-27)24-10-6-16-32(21-24)28(33)29(12-17-34-18-13-29)20-23-8-3-2-4-9-23/h2-5,7-9,11,14-15,19,24H,6,10,12-13,16-18,20-21H2,1H3/t24-/m1/s1. The van der Waals surface area contributed by atoms with Gasteiger partial charge in [-0.15, -0.1) is 0 Å². The van der Waals surface area contributed by atoms with Gasteiger partial charge < -0.3 is 14.4 Å². The van der Waals surface area contributed by atoms with E-state index in [0.29, 0.717) is 25.6 Å². The van der Waals surface area contributed by atoms with E-state index in [4.69, 9.17) is 9.47 Å². The lowest BCUT2D eigenvalue weighted by Crippen LogP contribution is -2.51. The van der Waals surface area contributed by atoms with Gasteiger partial charge >= 0.3 is 0 Å². The van der Waals surface area contributed by atoms with Gasteiger partial charge in [-0.25, -0.2) is 4.98 Å². The van der Waals surface area contributed by atoms with Gasteiger partial charge in [0.1, 0.15) is 11.4 Å². The van der Waals surface area contributed by atoms with Crippen molar-refractivity contribution >= 4 is 5.91 Å². The second-order valence-corrected chi connectivity index (χ2v) is 9.81. The Kier molecular flexibility index (Phi) is 7.09. The average Bonchev–Trinajstić information content (AvgIpc) is 2.90. The number of ether oxygens (including phenoxy) is 2. The quantitative estimate of drug-likeness (QED) is 0.487. The molecule has 182 valence electrons. The predicted octanol–water partition coefficient (Wildman–Crippen LogP) is 5.32. The highest BCUT2D eigenvalue weighted by Gasteiger charge is 2.44. The van der Waals surface area contributed by atoms with Crippen molar-refractivity contribution in [2.75, 3.05) is 26.3 Å². The Morgan fingerprint density at radius 2 is 1.89 bits per heavy atom. The second kappa shape index (κ2) is 10.6. The first-order valence-electron chi connectivity index (χ1n) is 12.6. The minimum atomic E-state index is -0.412. The largest absolute Gasteiger partial charge is 0.437 e. The third-order valence-electron chi connectivity index (χ3n) is 7.28. The molecule has 0 aliphatic carbocycles. The molecule has 1 atom stereocenters. The molecule has 1 aromatic heterocycles. The number of nitrogens with zero attached hydrogens (tertiary/aromatic N) is 3. The monoisotopic (exact) mass is 471 g/mol. The van der Waals surface area contributed by atoms with Crippen LogP contribution < -0.4 is 4.74 Å². The lowest BCUT2D eigenvalue weighted by Gasteiger charge is -2.42. The maximum Gasteiger partial charge on any atom is 0.241 e. The van der Waals surface area contributed by atoms with Crippen molar-refractivity contribution in [1.29, 1.82) is 0 Å². The van der Waals surface area contributed by atoms with Crippen LogP contribution in [-0.2, 0) is 16.0 Å². The van der Waals surface area contributed by atoms with Crippen molar-refractivity contribution < 1.29 is 14.3 Å². The van der Waals surface area contributed by atoms with E-state index in [2.05, 4.69) is 27.0 Å². The van der Waals surface area contributed by atoms with E-state index in [1.807, 2.05) is 49.4 Å². The summed E-state index contributed by atoms with van der Waals surface area (Å²) < 4.78 is 11.8. The molecule has 2 saturated heterocycles. The number of rotatable bonds is 6. The first-order valence-corrected chi connectivity index (χ1v) is 12.6. The van der Waals surface area contributed by atoms with Gasteiger partial charge in [-0.05, 0) is 62.3 Å². The molecule has 3 aromatic rings. The summed E-state index contributed by atoms with van der Waals surface area (Å²) in [7, 11) is 0. The zero-order valence-electron chi connectivity index (χ0n) is 20.4. The van der Waals surface area contributed by atoms with Crippen molar-refractivity contribution in [2.45, 2.75) is 44.9 Å². The second-order valence-electron chi connectivity index (χ2n) is 9.81. The van der Waals surface area contributed by atoms with Crippen LogP contribution >= 0.6 is 0 Å². The molecule has 0 radical (unpaired) electrons. The fraction of sp³-hybridized carbons (Fsp3) is 0.414. The topological polar surface area (TPSA) is 64.6 Å². The number of aromatic nitrogens is 2. The predicted molar refractivity (Wildman–Crippen MR) is 134 cm³/mol. The number of piperidine rings is 1. The average molecular weight is 472 g/mol. The molecule has 0 saturated carbocycles. The van der Waals surface area contributed by atoms with Crippen molar-refractivity contribution in [1.82, 2.24) is 14.9 Å². The molecule has 2 aliphatic rings. The molecule has 0 N–H and O–H groups in total. The van der Waals surface area contributed by atoms with Gasteiger partial charge in [0.05, 0.1) is 5.41 Å². The minimum absolute atomic E-state index is 0.0924. The molecule has 6 heteroatoms. The van der Waals surface area contributed by atoms with Gasteiger partial charge in [-0.2, -0.15) is 0 Å². The van der Waals surface area contributed by atoms with Crippen LogP contribution in [0.5, 0.6) is 11.6 Å². The molecule has 3 heterocycles. The molecule has 1 amide bonds. The van der Waals surface area contributed by atoms with Crippen molar-refractivity contribution in [3.05, 3.63) is 83.8 Å². The summed E-state index contributed by atoms with van der Waals surface area (Å²) in [5, 5.41) is 0. The van der Waals surface area contributed by atoms with Crippen LogP contribution in [0.1, 0.15) is 48.4 Å². The molecule has 0 bridgehead atoms. The number of benzene rings is 2. The summed E-state index contributed by atoms with van der Waals surface area (Å²) in [6.45, 7) is 4.72. The number of aryl methyl sites for hydroxylation is 1. The minimum Gasteiger partial charge on any atom is -0.437 e. The number of carbonyl (C=O) groups excluding carboxylic acids is 1. The molecule has 35 heavy (non-hydrogen) atoms. The summed E-state index contributed by atoms with van der Waals surface area (Å²) in [6.07, 6.45) is 7.55. The fourth-order valence-corrected chi connectivity index (χ4v) is 5.42. The van der Waals surface area contributed by atoms with Crippen LogP contribution in [0.4, 0.5) is 0 Å². The zero-order chi connectivity index (χ0) is 24.1. The smallest absolute Gasteiger partial charge is 0.241 e. The molecule has 2 fully saturated rings. The first kappa shape index (κ1) is 23.5. The molecule has 0 spiro atoms. The molecule has 6 nitrogen and oxygen atoms in total. The Bertz CT molecular complexity index is 1140. The number of hydrogen-bond donors (Lipinski definition) is 0. The summed E-state index contributed by atoms with van der Waals surface area (Å²) >= 11 is 0. The van der Waals surface area contributed by atoms with E-state index in [9.17, 15) is 4.79 Å². The maximum absolute atomic E-state index is 14.1. The van der Waals surface area contributed by atoms with Gasteiger partial charge in [0.15, 0.2) is 0 Å². The molecule has 2 aromatic carbocycles. The Labute approximate surface area is 207 Å². The lowest BCUT2D eigenvalue weighted by molar-refractivity contribution is -0.149. The summed E-state index contributed by atoms with van der Waals surface area (Å²) in [4.78, 5) is 25.3. The van der Waals surface area contributed by atoms with Crippen molar-refractivity contribution in [3.8, 4) is 11.6 Å². The van der Waals surface area contributed by atoms with Crippen LogP contribution in [0.15, 0.2) is 67.0 Å². The molecule has 0 unspecified atom stereocenters. The summed E-state index contributed by atoms with van der Waals surface area (Å²) in [6, 6.07) is 18.3. The number of likely N-dealkylation sites (tertiary alicyclic amines) is 1. The van der Waals surface area contributed by atoms with Gasteiger partial charge in [0, 0.05) is 44.6 Å². The normalized spacial score (nSPS) is 19.8. The van der Waals surface area contributed by atoms with Gasteiger partial charge in [0.25, 0.3) is 0 Å². The van der Waals surface area contributed by atoms with E-state index in [1.54, 1.807) is 12.4 Å². The number of carbonyl (C=O) groups is 1. The molecular formula is C29H33N3O3. The van der Waals surface area contributed by atoms with Gasteiger partial charge in [-0.3, -0.25) is 9.78 Å². The zero-order valence-corrected chi connectivity index (χ0v) is 20.4.